The monoisotopic (exact) mass is 319 g/mol. The van der Waals surface area contributed by atoms with E-state index in [4.69, 9.17) is 0 Å². The van der Waals surface area contributed by atoms with Gasteiger partial charge in [-0.15, -0.1) is 5.10 Å². The molecule has 5 nitrogen and oxygen atoms in total. The minimum Gasteiger partial charge on any atom is -0.388 e. The van der Waals surface area contributed by atoms with Gasteiger partial charge in [-0.3, -0.25) is 4.98 Å². The number of nitrogens with zero attached hydrogens (tertiary/aromatic N) is 4. The Hall–Kier alpha value is -3.28. The summed E-state index contributed by atoms with van der Waals surface area (Å²) in [5, 5.41) is 8.21. The molecule has 3 aromatic heterocycles. The summed E-state index contributed by atoms with van der Waals surface area (Å²) in [4.78, 5) is 8.50. The molecule has 24 heavy (non-hydrogen) atoms. The summed E-state index contributed by atoms with van der Waals surface area (Å²) in [5.41, 5.74) is 3.68. The minimum atomic E-state index is -0.339. The van der Waals surface area contributed by atoms with Crippen LogP contribution in [-0.2, 0) is 0 Å². The van der Waals surface area contributed by atoms with E-state index in [0.29, 0.717) is 11.3 Å². The van der Waals surface area contributed by atoms with Crippen molar-refractivity contribution in [2.45, 2.75) is 0 Å². The number of benzene rings is 1. The first-order valence-corrected chi connectivity index (χ1v) is 7.48. The molecule has 4 aromatic rings. The molecule has 0 saturated carbocycles. The molecule has 0 aliphatic heterocycles. The molecular formula is C18H14FN5. The van der Waals surface area contributed by atoms with Crippen LogP contribution in [0.2, 0.25) is 0 Å². The molecule has 1 aromatic carbocycles. The molecule has 0 radical (unpaired) electrons. The van der Waals surface area contributed by atoms with Crippen molar-refractivity contribution in [1.29, 1.82) is 0 Å². The summed E-state index contributed by atoms with van der Waals surface area (Å²) >= 11 is 0. The number of hydrogen-bond acceptors (Lipinski definition) is 4. The van der Waals surface area contributed by atoms with E-state index in [0.717, 1.165) is 22.2 Å². The van der Waals surface area contributed by atoms with Crippen molar-refractivity contribution in [3.05, 3.63) is 67.0 Å². The fourth-order valence-electron chi connectivity index (χ4n) is 2.57. The van der Waals surface area contributed by atoms with Crippen LogP contribution in [0, 0.1) is 5.82 Å². The van der Waals surface area contributed by atoms with Gasteiger partial charge >= 0.3 is 0 Å². The SMILES string of the molecule is CNc1ccc(F)c(-n2cc3cc(-c4cccnc4)cnc3n2)c1. The number of hydrogen-bond donors (Lipinski definition) is 1. The zero-order valence-corrected chi connectivity index (χ0v) is 12.9. The second-order valence-corrected chi connectivity index (χ2v) is 5.37. The molecule has 0 unspecified atom stereocenters. The Balaban J connectivity index is 1.82. The van der Waals surface area contributed by atoms with Crippen molar-refractivity contribution in [2.24, 2.45) is 0 Å². The van der Waals surface area contributed by atoms with Crippen LogP contribution in [0.15, 0.2) is 61.2 Å². The summed E-state index contributed by atoms with van der Waals surface area (Å²) < 4.78 is 15.7. The van der Waals surface area contributed by atoms with Gasteiger partial charge in [-0.2, -0.15) is 0 Å². The van der Waals surface area contributed by atoms with Crippen molar-refractivity contribution in [3.8, 4) is 16.8 Å². The van der Waals surface area contributed by atoms with Crippen LogP contribution in [0.3, 0.4) is 0 Å². The van der Waals surface area contributed by atoms with Gasteiger partial charge in [0.2, 0.25) is 0 Å². The molecule has 0 atom stereocenters. The van der Waals surface area contributed by atoms with Gasteiger partial charge < -0.3 is 5.32 Å². The van der Waals surface area contributed by atoms with E-state index in [9.17, 15) is 4.39 Å². The van der Waals surface area contributed by atoms with Gasteiger partial charge in [-0.25, -0.2) is 14.1 Å². The second-order valence-electron chi connectivity index (χ2n) is 5.37. The lowest BCUT2D eigenvalue weighted by atomic mass is 10.1. The van der Waals surface area contributed by atoms with Crippen LogP contribution in [0.4, 0.5) is 10.1 Å². The van der Waals surface area contributed by atoms with Crippen LogP contribution < -0.4 is 5.32 Å². The summed E-state index contributed by atoms with van der Waals surface area (Å²) in [7, 11) is 1.79. The molecule has 4 rings (SSSR count). The highest BCUT2D eigenvalue weighted by atomic mass is 19.1. The van der Waals surface area contributed by atoms with Crippen molar-refractivity contribution in [1.82, 2.24) is 19.7 Å². The average Bonchev–Trinajstić information content (AvgIpc) is 3.06. The van der Waals surface area contributed by atoms with E-state index < -0.39 is 0 Å². The molecule has 0 spiro atoms. The zero-order chi connectivity index (χ0) is 16.5. The Bertz CT molecular complexity index is 1010. The first-order chi connectivity index (χ1) is 11.7. The quantitative estimate of drug-likeness (QED) is 0.626. The van der Waals surface area contributed by atoms with E-state index in [1.165, 1.54) is 10.7 Å². The topological polar surface area (TPSA) is 55.6 Å². The predicted molar refractivity (Wildman–Crippen MR) is 91.6 cm³/mol. The third-order valence-electron chi connectivity index (χ3n) is 3.84. The van der Waals surface area contributed by atoms with Crippen LogP contribution in [-0.4, -0.2) is 26.8 Å². The summed E-state index contributed by atoms with van der Waals surface area (Å²) in [6.45, 7) is 0. The Morgan fingerprint density at radius 1 is 1.08 bits per heavy atom. The number of halogens is 1. The minimum absolute atomic E-state index is 0.339. The van der Waals surface area contributed by atoms with Gasteiger partial charge in [0.1, 0.15) is 11.5 Å². The maximum Gasteiger partial charge on any atom is 0.181 e. The summed E-state index contributed by atoms with van der Waals surface area (Å²) in [6.07, 6.45) is 7.03. The molecule has 0 fully saturated rings. The highest BCUT2D eigenvalue weighted by Crippen LogP contribution is 2.24. The third kappa shape index (κ3) is 2.48. The van der Waals surface area contributed by atoms with Gasteiger partial charge in [-0.1, -0.05) is 6.07 Å². The molecule has 1 N–H and O–H groups in total. The lowest BCUT2D eigenvalue weighted by Gasteiger charge is -2.05. The fourth-order valence-corrected chi connectivity index (χ4v) is 2.57. The number of pyridine rings is 2. The first kappa shape index (κ1) is 14.3. The standard InChI is InChI=1S/C18H14FN5/c1-20-15-4-5-16(19)17(8-15)24-11-14-7-13(10-22-18(14)23-24)12-3-2-6-21-9-12/h2-11,20H,1H3. The fraction of sp³-hybridized carbons (Fsp3) is 0.0556. The maximum atomic E-state index is 14.1. The van der Waals surface area contributed by atoms with E-state index in [1.807, 2.05) is 18.2 Å². The van der Waals surface area contributed by atoms with Crippen LogP contribution >= 0.6 is 0 Å². The van der Waals surface area contributed by atoms with Gasteiger partial charge in [-0.05, 0) is 30.3 Å². The number of aromatic nitrogens is 4. The highest BCUT2D eigenvalue weighted by molar-refractivity contribution is 5.80. The lowest BCUT2D eigenvalue weighted by molar-refractivity contribution is 0.611. The molecule has 0 bridgehead atoms. The normalized spacial score (nSPS) is 10.9. The van der Waals surface area contributed by atoms with Gasteiger partial charge in [0, 0.05) is 54.0 Å². The Morgan fingerprint density at radius 3 is 2.79 bits per heavy atom. The van der Waals surface area contributed by atoms with Crippen LogP contribution in [0.1, 0.15) is 0 Å². The molecule has 0 aliphatic carbocycles. The van der Waals surface area contributed by atoms with E-state index >= 15 is 0 Å². The number of fused-ring (bicyclic) bond motifs is 1. The first-order valence-electron chi connectivity index (χ1n) is 7.48. The van der Waals surface area contributed by atoms with E-state index in [2.05, 4.69) is 20.4 Å². The van der Waals surface area contributed by atoms with E-state index in [-0.39, 0.29) is 5.82 Å². The summed E-state index contributed by atoms with van der Waals surface area (Å²) in [6, 6.07) is 10.6. The smallest absolute Gasteiger partial charge is 0.181 e. The van der Waals surface area contributed by atoms with Crippen molar-refractivity contribution < 1.29 is 4.39 Å². The van der Waals surface area contributed by atoms with Crippen LogP contribution in [0.5, 0.6) is 0 Å². The third-order valence-corrected chi connectivity index (χ3v) is 3.84. The molecule has 118 valence electrons. The molecule has 6 heteroatoms. The second kappa shape index (κ2) is 5.73. The predicted octanol–water partition coefficient (Wildman–Crippen LogP) is 3.66. The van der Waals surface area contributed by atoms with Crippen molar-refractivity contribution >= 4 is 16.7 Å². The van der Waals surface area contributed by atoms with Crippen LogP contribution in [0.25, 0.3) is 27.8 Å². The number of nitrogens with one attached hydrogen (secondary N) is 1. The highest BCUT2D eigenvalue weighted by Gasteiger charge is 2.10. The molecular weight excluding hydrogens is 305 g/mol. The van der Waals surface area contributed by atoms with Crippen molar-refractivity contribution in [2.75, 3.05) is 12.4 Å². The molecule has 3 heterocycles. The Labute approximate surface area is 137 Å². The Morgan fingerprint density at radius 2 is 2.00 bits per heavy atom. The van der Waals surface area contributed by atoms with Gasteiger partial charge in [0.05, 0.1) is 0 Å². The largest absolute Gasteiger partial charge is 0.388 e. The zero-order valence-electron chi connectivity index (χ0n) is 12.9. The Kier molecular flexibility index (Phi) is 3.42. The summed E-state index contributed by atoms with van der Waals surface area (Å²) in [5.74, 6) is -0.339. The van der Waals surface area contributed by atoms with Gasteiger partial charge in [0.25, 0.3) is 0 Å². The average molecular weight is 319 g/mol. The van der Waals surface area contributed by atoms with Crippen molar-refractivity contribution in [3.63, 3.8) is 0 Å². The lowest BCUT2D eigenvalue weighted by Crippen LogP contribution is -2.00. The molecule has 0 saturated heterocycles. The number of rotatable bonds is 3. The number of anilines is 1. The maximum absolute atomic E-state index is 14.1. The molecule has 0 aliphatic rings. The molecule has 0 amide bonds. The van der Waals surface area contributed by atoms with E-state index in [1.54, 1.807) is 44.0 Å². The van der Waals surface area contributed by atoms with Gasteiger partial charge in [0.15, 0.2) is 5.65 Å².